The molecule has 1 saturated heterocycles. The minimum atomic E-state index is -0.0619. The fraction of sp³-hybridized carbons (Fsp3) is 0.391. The van der Waals surface area contributed by atoms with Crippen LogP contribution in [0.4, 0.5) is 16.2 Å². The molecule has 0 aliphatic carbocycles. The second kappa shape index (κ2) is 10.6. The monoisotopic (exact) mass is 409 g/mol. The van der Waals surface area contributed by atoms with Crippen molar-refractivity contribution in [3.8, 4) is 0 Å². The van der Waals surface area contributed by atoms with Crippen molar-refractivity contribution in [1.29, 1.82) is 0 Å². The summed E-state index contributed by atoms with van der Waals surface area (Å²) in [4.78, 5) is 28.1. The zero-order valence-electron chi connectivity index (χ0n) is 17.7. The number of piperidine rings is 1. The number of urea groups is 1. The van der Waals surface area contributed by atoms with Gasteiger partial charge in [-0.1, -0.05) is 30.3 Å². The van der Waals surface area contributed by atoms with E-state index in [0.29, 0.717) is 19.1 Å². The highest BCUT2D eigenvalue weighted by molar-refractivity contribution is 5.92. The Balaban J connectivity index is 1.42. The van der Waals surface area contributed by atoms with Crippen molar-refractivity contribution < 1.29 is 9.59 Å². The molecule has 30 heavy (non-hydrogen) atoms. The zero-order chi connectivity index (χ0) is 21.3. The van der Waals surface area contributed by atoms with Crippen LogP contribution < -0.4 is 16.0 Å². The average molecular weight is 410 g/mol. The number of rotatable bonds is 7. The molecular weight excluding hydrogens is 378 g/mol. The molecular formula is C23H31N5O2. The number of nitrogens with one attached hydrogen (secondary N) is 3. The Kier molecular flexibility index (Phi) is 7.68. The van der Waals surface area contributed by atoms with Gasteiger partial charge in [0.2, 0.25) is 5.91 Å². The first-order chi connectivity index (χ1) is 14.5. The quantitative estimate of drug-likeness (QED) is 0.657. The molecule has 7 heteroatoms. The van der Waals surface area contributed by atoms with E-state index in [9.17, 15) is 9.59 Å². The van der Waals surface area contributed by atoms with E-state index in [1.54, 1.807) is 0 Å². The van der Waals surface area contributed by atoms with Gasteiger partial charge in [-0.15, -0.1) is 0 Å². The van der Waals surface area contributed by atoms with E-state index in [1.165, 1.54) is 0 Å². The van der Waals surface area contributed by atoms with Crippen LogP contribution in [0.1, 0.15) is 18.4 Å². The first-order valence-electron chi connectivity index (χ1n) is 10.4. The van der Waals surface area contributed by atoms with Gasteiger partial charge in [-0.05, 0) is 56.8 Å². The summed E-state index contributed by atoms with van der Waals surface area (Å²) in [7, 11) is 3.71. The van der Waals surface area contributed by atoms with Crippen LogP contribution in [-0.2, 0) is 11.3 Å². The number of nitrogens with zero attached hydrogens (tertiary/aromatic N) is 2. The first-order valence-corrected chi connectivity index (χ1v) is 10.4. The number of carbonyl (C=O) groups is 2. The number of benzene rings is 2. The van der Waals surface area contributed by atoms with Gasteiger partial charge in [0.05, 0.1) is 6.54 Å². The third kappa shape index (κ3) is 6.77. The van der Waals surface area contributed by atoms with E-state index in [-0.39, 0.29) is 11.9 Å². The van der Waals surface area contributed by atoms with Crippen LogP contribution in [0.3, 0.4) is 0 Å². The van der Waals surface area contributed by atoms with Crippen LogP contribution in [0.2, 0.25) is 0 Å². The Bertz CT molecular complexity index is 832. The summed E-state index contributed by atoms with van der Waals surface area (Å²) in [5.74, 6) is -0.0619. The standard InChI is InChI=1S/C23H31N5O2/c1-27(2)17-22(29)26-21-10-6-7-18(15-21)16-24-23(30)28-13-11-20(12-14-28)25-19-8-4-3-5-9-19/h3-10,15,20,25H,11-14,16-17H2,1-2H3,(H,24,30)(H,26,29). The van der Waals surface area contributed by atoms with E-state index in [1.807, 2.05) is 66.4 Å². The molecule has 0 aromatic heterocycles. The molecule has 1 heterocycles. The van der Waals surface area contributed by atoms with Crippen molar-refractivity contribution in [3.63, 3.8) is 0 Å². The van der Waals surface area contributed by atoms with Gasteiger partial charge in [-0.2, -0.15) is 0 Å². The van der Waals surface area contributed by atoms with E-state index in [2.05, 4.69) is 28.1 Å². The lowest BCUT2D eigenvalue weighted by atomic mass is 10.0. The fourth-order valence-electron chi connectivity index (χ4n) is 3.53. The van der Waals surface area contributed by atoms with Gasteiger partial charge in [0.15, 0.2) is 0 Å². The summed E-state index contributed by atoms with van der Waals surface area (Å²) in [6.45, 7) is 2.22. The van der Waals surface area contributed by atoms with Gasteiger partial charge in [0, 0.05) is 37.1 Å². The summed E-state index contributed by atoms with van der Waals surface area (Å²) < 4.78 is 0. The molecule has 1 aliphatic rings. The van der Waals surface area contributed by atoms with E-state index >= 15 is 0 Å². The predicted octanol–water partition coefficient (Wildman–Crippen LogP) is 2.97. The zero-order valence-corrected chi connectivity index (χ0v) is 17.7. The van der Waals surface area contributed by atoms with Crippen molar-refractivity contribution in [1.82, 2.24) is 15.1 Å². The van der Waals surface area contributed by atoms with Crippen LogP contribution >= 0.6 is 0 Å². The Hall–Kier alpha value is -3.06. The molecule has 3 rings (SSSR count). The smallest absolute Gasteiger partial charge is 0.317 e. The maximum Gasteiger partial charge on any atom is 0.317 e. The van der Waals surface area contributed by atoms with Crippen LogP contribution in [0.5, 0.6) is 0 Å². The Morgan fingerprint density at radius 2 is 1.70 bits per heavy atom. The number of carbonyl (C=O) groups excluding carboxylic acids is 2. The van der Waals surface area contributed by atoms with E-state index in [4.69, 9.17) is 0 Å². The van der Waals surface area contributed by atoms with Gasteiger partial charge < -0.3 is 25.8 Å². The van der Waals surface area contributed by atoms with Crippen molar-refractivity contribution in [2.24, 2.45) is 0 Å². The van der Waals surface area contributed by atoms with Crippen molar-refractivity contribution in [2.45, 2.75) is 25.4 Å². The molecule has 7 nitrogen and oxygen atoms in total. The largest absolute Gasteiger partial charge is 0.382 e. The predicted molar refractivity (Wildman–Crippen MR) is 121 cm³/mol. The third-order valence-electron chi connectivity index (χ3n) is 5.04. The van der Waals surface area contributed by atoms with Crippen LogP contribution in [0, 0.1) is 0 Å². The molecule has 3 amide bonds. The lowest BCUT2D eigenvalue weighted by Gasteiger charge is -2.33. The second-order valence-electron chi connectivity index (χ2n) is 7.92. The summed E-state index contributed by atoms with van der Waals surface area (Å²) in [5, 5.41) is 9.41. The van der Waals surface area contributed by atoms with E-state index in [0.717, 1.165) is 42.9 Å². The molecule has 0 unspecified atom stereocenters. The first kappa shape index (κ1) is 21.6. The van der Waals surface area contributed by atoms with Crippen molar-refractivity contribution in [3.05, 3.63) is 60.2 Å². The highest BCUT2D eigenvalue weighted by Crippen LogP contribution is 2.17. The lowest BCUT2D eigenvalue weighted by Crippen LogP contribution is -2.46. The molecule has 0 bridgehead atoms. The van der Waals surface area contributed by atoms with Gasteiger partial charge in [0.1, 0.15) is 0 Å². The summed E-state index contributed by atoms with van der Waals surface area (Å²) in [5.41, 5.74) is 2.81. The molecule has 2 aromatic rings. The van der Waals surface area contributed by atoms with Gasteiger partial charge in [0.25, 0.3) is 0 Å². The molecule has 1 fully saturated rings. The number of hydrogen-bond acceptors (Lipinski definition) is 4. The van der Waals surface area contributed by atoms with Crippen LogP contribution in [0.15, 0.2) is 54.6 Å². The topological polar surface area (TPSA) is 76.7 Å². The van der Waals surface area contributed by atoms with Crippen molar-refractivity contribution >= 4 is 23.3 Å². The summed E-state index contributed by atoms with van der Waals surface area (Å²) in [6, 6.07) is 18.1. The third-order valence-corrected chi connectivity index (χ3v) is 5.04. The Labute approximate surface area is 178 Å². The minimum absolute atomic E-state index is 0.0461. The highest BCUT2D eigenvalue weighted by Gasteiger charge is 2.22. The maximum atomic E-state index is 12.5. The van der Waals surface area contributed by atoms with Gasteiger partial charge >= 0.3 is 6.03 Å². The molecule has 0 atom stereocenters. The summed E-state index contributed by atoms with van der Waals surface area (Å²) in [6.07, 6.45) is 1.85. The lowest BCUT2D eigenvalue weighted by molar-refractivity contribution is -0.116. The number of amides is 3. The van der Waals surface area contributed by atoms with E-state index < -0.39 is 0 Å². The Morgan fingerprint density at radius 3 is 2.40 bits per heavy atom. The molecule has 160 valence electrons. The molecule has 0 radical (unpaired) electrons. The molecule has 3 N–H and O–H groups in total. The number of likely N-dealkylation sites (N-methyl/N-ethyl adjacent to an activating group) is 1. The maximum absolute atomic E-state index is 12.5. The highest BCUT2D eigenvalue weighted by atomic mass is 16.2. The molecule has 0 spiro atoms. The average Bonchev–Trinajstić information content (AvgIpc) is 2.73. The molecule has 1 aliphatic heterocycles. The number of para-hydroxylation sites is 1. The minimum Gasteiger partial charge on any atom is -0.382 e. The number of hydrogen-bond donors (Lipinski definition) is 3. The fourth-order valence-corrected chi connectivity index (χ4v) is 3.53. The molecule has 2 aromatic carbocycles. The van der Waals surface area contributed by atoms with Crippen LogP contribution in [-0.4, -0.2) is 61.5 Å². The van der Waals surface area contributed by atoms with Crippen LogP contribution in [0.25, 0.3) is 0 Å². The van der Waals surface area contributed by atoms with Gasteiger partial charge in [-0.3, -0.25) is 4.79 Å². The SMILES string of the molecule is CN(C)CC(=O)Nc1cccc(CNC(=O)N2CCC(Nc3ccccc3)CC2)c1. The summed E-state index contributed by atoms with van der Waals surface area (Å²) >= 11 is 0. The second-order valence-corrected chi connectivity index (χ2v) is 7.92. The van der Waals surface area contributed by atoms with Crippen molar-refractivity contribution in [2.75, 3.05) is 44.4 Å². The number of anilines is 2. The van der Waals surface area contributed by atoms with Gasteiger partial charge in [-0.25, -0.2) is 4.79 Å². The normalized spacial score (nSPS) is 14.4. The molecule has 0 saturated carbocycles. The Morgan fingerprint density at radius 1 is 1.00 bits per heavy atom. The number of likely N-dealkylation sites (tertiary alicyclic amines) is 1.